The van der Waals surface area contributed by atoms with Crippen LogP contribution in [0, 0.1) is 0 Å². The predicted octanol–water partition coefficient (Wildman–Crippen LogP) is 2.96. The Morgan fingerprint density at radius 1 is 1.36 bits per heavy atom. The van der Waals surface area contributed by atoms with E-state index in [0.29, 0.717) is 0 Å². The second kappa shape index (κ2) is 9.80. The third kappa shape index (κ3) is 5.76. The number of piperazine rings is 1. The van der Waals surface area contributed by atoms with Crippen LogP contribution in [0.3, 0.4) is 0 Å². The molecule has 0 aromatic carbocycles. The van der Waals surface area contributed by atoms with Crippen LogP contribution in [-0.4, -0.2) is 67.5 Å². The number of guanidine groups is 1. The summed E-state index contributed by atoms with van der Waals surface area (Å²) < 4.78 is 1.22. The number of nitrogens with zero attached hydrogens (tertiary/aromatic N) is 3. The van der Waals surface area contributed by atoms with Gasteiger partial charge in [0.05, 0.1) is 3.79 Å². The minimum atomic E-state index is 1.01. The normalized spacial score (nSPS) is 17.0. The lowest BCUT2D eigenvalue weighted by molar-refractivity contribution is 0.174. The molecule has 124 valence electrons. The van der Waals surface area contributed by atoms with E-state index in [9.17, 15) is 0 Å². The Kier molecular flexibility index (Phi) is 8.06. The molecule has 0 saturated carbocycles. The number of nitrogens with one attached hydrogen (secondary N) is 1. The Morgan fingerprint density at radius 3 is 2.73 bits per heavy atom. The molecule has 0 atom stereocenters. The third-order valence-electron chi connectivity index (χ3n) is 3.70. The number of thiophene rings is 1. The van der Waals surface area contributed by atoms with Crippen LogP contribution in [0.4, 0.5) is 0 Å². The van der Waals surface area contributed by atoms with E-state index in [0.717, 1.165) is 45.2 Å². The molecule has 0 aliphatic carbocycles. The summed E-state index contributed by atoms with van der Waals surface area (Å²) in [4.78, 5) is 10.8. The molecule has 0 radical (unpaired) electrons. The van der Waals surface area contributed by atoms with Crippen LogP contribution in [0.2, 0.25) is 0 Å². The SMILES string of the molecule is CN=C(NCCCSC)N1CCN(Cc2ccc(Br)s2)CC1. The summed E-state index contributed by atoms with van der Waals surface area (Å²) in [5.41, 5.74) is 0. The summed E-state index contributed by atoms with van der Waals surface area (Å²) in [5.74, 6) is 2.26. The molecule has 1 aromatic rings. The average Bonchev–Trinajstić information content (AvgIpc) is 2.94. The molecule has 0 unspecified atom stereocenters. The molecule has 2 heterocycles. The Morgan fingerprint density at radius 2 is 2.14 bits per heavy atom. The van der Waals surface area contributed by atoms with Crippen LogP contribution in [0.15, 0.2) is 20.9 Å². The average molecular weight is 405 g/mol. The maximum Gasteiger partial charge on any atom is 0.193 e. The molecule has 1 aromatic heterocycles. The predicted molar refractivity (Wildman–Crippen MR) is 103 cm³/mol. The van der Waals surface area contributed by atoms with E-state index in [2.05, 4.69) is 54.4 Å². The summed E-state index contributed by atoms with van der Waals surface area (Å²) in [6.45, 7) is 6.37. The molecule has 7 heteroatoms. The zero-order valence-electron chi connectivity index (χ0n) is 13.3. The number of thioether (sulfide) groups is 1. The highest BCUT2D eigenvalue weighted by Crippen LogP contribution is 2.23. The highest BCUT2D eigenvalue weighted by Gasteiger charge is 2.19. The molecule has 2 rings (SSSR count). The Labute approximate surface area is 150 Å². The van der Waals surface area contributed by atoms with E-state index in [1.54, 1.807) is 0 Å². The van der Waals surface area contributed by atoms with Gasteiger partial charge in [-0.15, -0.1) is 11.3 Å². The van der Waals surface area contributed by atoms with Crippen LogP contribution in [0.25, 0.3) is 0 Å². The molecule has 1 N–H and O–H groups in total. The smallest absolute Gasteiger partial charge is 0.193 e. The standard InChI is InChI=1S/C15H25BrN4S2/c1-17-15(18-6-3-11-21-2)20-9-7-19(8-10-20)12-13-4-5-14(16)22-13/h4-5H,3,6-12H2,1-2H3,(H,17,18). The molecule has 4 nitrogen and oxygen atoms in total. The first kappa shape index (κ1) is 18.1. The number of halogens is 1. The van der Waals surface area contributed by atoms with Gasteiger partial charge in [0.25, 0.3) is 0 Å². The van der Waals surface area contributed by atoms with Gasteiger partial charge in [-0.1, -0.05) is 0 Å². The van der Waals surface area contributed by atoms with Crippen LogP contribution < -0.4 is 5.32 Å². The van der Waals surface area contributed by atoms with Crippen molar-refractivity contribution < 1.29 is 0 Å². The summed E-state index contributed by atoms with van der Waals surface area (Å²) >= 11 is 7.27. The van der Waals surface area contributed by atoms with Gasteiger partial charge >= 0.3 is 0 Å². The van der Waals surface area contributed by atoms with Gasteiger partial charge < -0.3 is 10.2 Å². The molecular weight excluding hydrogens is 380 g/mol. The lowest BCUT2D eigenvalue weighted by atomic mass is 10.3. The van der Waals surface area contributed by atoms with E-state index in [-0.39, 0.29) is 0 Å². The van der Waals surface area contributed by atoms with Gasteiger partial charge in [0.15, 0.2) is 5.96 Å². The lowest BCUT2D eigenvalue weighted by Gasteiger charge is -2.36. The Hall–Kier alpha value is -0.240. The first-order chi connectivity index (χ1) is 10.7. The molecule has 0 amide bonds. The molecule has 0 bridgehead atoms. The second-order valence-corrected chi connectivity index (χ2v) is 8.82. The van der Waals surface area contributed by atoms with Crippen molar-refractivity contribution >= 4 is 45.0 Å². The fourth-order valence-electron chi connectivity index (χ4n) is 2.52. The van der Waals surface area contributed by atoms with Crippen LogP contribution >= 0.6 is 39.0 Å². The Balaban J connectivity index is 1.73. The zero-order chi connectivity index (χ0) is 15.8. The highest BCUT2D eigenvalue weighted by atomic mass is 79.9. The van der Waals surface area contributed by atoms with Gasteiger partial charge in [0.1, 0.15) is 0 Å². The van der Waals surface area contributed by atoms with Crippen LogP contribution in [0.5, 0.6) is 0 Å². The van der Waals surface area contributed by atoms with Crippen molar-refractivity contribution in [2.24, 2.45) is 4.99 Å². The maximum absolute atomic E-state index is 4.42. The van der Waals surface area contributed by atoms with E-state index in [1.165, 1.54) is 20.8 Å². The summed E-state index contributed by atoms with van der Waals surface area (Å²) in [6.07, 6.45) is 3.34. The summed E-state index contributed by atoms with van der Waals surface area (Å²) in [6, 6.07) is 4.35. The summed E-state index contributed by atoms with van der Waals surface area (Å²) in [7, 11) is 1.88. The molecule has 22 heavy (non-hydrogen) atoms. The van der Waals surface area contributed by atoms with E-state index in [1.807, 2.05) is 30.1 Å². The molecule has 1 aliphatic heterocycles. The third-order valence-corrected chi connectivity index (χ3v) is 6.01. The number of aliphatic imine (C=N–C) groups is 1. The fraction of sp³-hybridized carbons (Fsp3) is 0.667. The largest absolute Gasteiger partial charge is 0.356 e. The first-order valence-corrected chi connectivity index (χ1v) is 10.6. The number of hydrogen-bond acceptors (Lipinski definition) is 4. The van der Waals surface area contributed by atoms with Crippen molar-refractivity contribution in [3.05, 3.63) is 20.8 Å². The number of rotatable bonds is 6. The Bertz CT molecular complexity index is 470. The molecule has 1 aliphatic rings. The lowest BCUT2D eigenvalue weighted by Crippen LogP contribution is -2.52. The van der Waals surface area contributed by atoms with Crippen molar-refractivity contribution in [2.45, 2.75) is 13.0 Å². The van der Waals surface area contributed by atoms with Gasteiger partial charge in [-0.2, -0.15) is 11.8 Å². The quantitative estimate of drug-likeness (QED) is 0.448. The number of hydrogen-bond donors (Lipinski definition) is 1. The van der Waals surface area contributed by atoms with Crippen LogP contribution in [-0.2, 0) is 6.54 Å². The fourth-order valence-corrected chi connectivity index (χ4v) is 4.48. The summed E-state index contributed by atoms with van der Waals surface area (Å²) in [5, 5.41) is 3.48. The molecular formula is C15H25BrN4S2. The molecule has 1 saturated heterocycles. The minimum absolute atomic E-state index is 1.01. The monoisotopic (exact) mass is 404 g/mol. The van der Waals surface area contributed by atoms with Gasteiger partial charge in [0.2, 0.25) is 0 Å². The van der Waals surface area contributed by atoms with Crippen molar-refractivity contribution in [3.8, 4) is 0 Å². The minimum Gasteiger partial charge on any atom is -0.356 e. The van der Waals surface area contributed by atoms with E-state index in [4.69, 9.17) is 0 Å². The van der Waals surface area contributed by atoms with Gasteiger partial charge in [-0.3, -0.25) is 9.89 Å². The van der Waals surface area contributed by atoms with Gasteiger partial charge in [0, 0.05) is 51.2 Å². The van der Waals surface area contributed by atoms with Crippen molar-refractivity contribution in [2.75, 3.05) is 51.8 Å². The highest BCUT2D eigenvalue weighted by molar-refractivity contribution is 9.11. The van der Waals surface area contributed by atoms with Crippen molar-refractivity contribution in [3.63, 3.8) is 0 Å². The molecule has 1 fully saturated rings. The van der Waals surface area contributed by atoms with Crippen LogP contribution in [0.1, 0.15) is 11.3 Å². The van der Waals surface area contributed by atoms with E-state index >= 15 is 0 Å². The second-order valence-electron chi connectivity index (χ2n) is 5.29. The van der Waals surface area contributed by atoms with Crippen molar-refractivity contribution in [1.82, 2.24) is 15.1 Å². The molecule has 0 spiro atoms. The van der Waals surface area contributed by atoms with Gasteiger partial charge in [-0.25, -0.2) is 0 Å². The van der Waals surface area contributed by atoms with Crippen molar-refractivity contribution in [1.29, 1.82) is 0 Å². The van der Waals surface area contributed by atoms with E-state index < -0.39 is 0 Å². The topological polar surface area (TPSA) is 30.9 Å². The zero-order valence-corrected chi connectivity index (χ0v) is 16.6. The first-order valence-electron chi connectivity index (χ1n) is 7.64. The van der Waals surface area contributed by atoms with Gasteiger partial charge in [-0.05, 0) is 46.5 Å². The maximum atomic E-state index is 4.42.